The van der Waals surface area contributed by atoms with Crippen LogP contribution in [0.4, 0.5) is 0 Å². The van der Waals surface area contributed by atoms with Crippen LogP contribution in [-0.4, -0.2) is 45.2 Å². The fourth-order valence-corrected chi connectivity index (χ4v) is 1.77. The number of ether oxygens (including phenoxy) is 4. The van der Waals surface area contributed by atoms with E-state index >= 15 is 0 Å². The van der Waals surface area contributed by atoms with Gasteiger partial charge < -0.3 is 18.9 Å². The summed E-state index contributed by atoms with van der Waals surface area (Å²) >= 11 is 0. The second-order valence-electron chi connectivity index (χ2n) is 4.24. The molecule has 6 heteroatoms. The van der Waals surface area contributed by atoms with E-state index in [1.807, 2.05) is 0 Å². The molecule has 0 radical (unpaired) electrons. The van der Waals surface area contributed by atoms with Gasteiger partial charge in [0.25, 0.3) is 0 Å². The lowest BCUT2D eigenvalue weighted by Gasteiger charge is -2.26. The Kier molecular flexibility index (Phi) is 6.52. The molecular formula is C13H20O6. The molecule has 19 heavy (non-hydrogen) atoms. The zero-order valence-electron chi connectivity index (χ0n) is 11.3. The van der Waals surface area contributed by atoms with Gasteiger partial charge in [-0.3, -0.25) is 0 Å². The minimum absolute atomic E-state index is 0.0270. The zero-order chi connectivity index (χ0) is 14.3. The molecule has 0 N–H and O–H groups in total. The van der Waals surface area contributed by atoms with Gasteiger partial charge in [-0.25, -0.2) is 9.59 Å². The van der Waals surface area contributed by atoms with Crippen LogP contribution in [0.2, 0.25) is 0 Å². The maximum atomic E-state index is 11.6. The summed E-state index contributed by atoms with van der Waals surface area (Å²) < 4.78 is 20.1. The van der Waals surface area contributed by atoms with Gasteiger partial charge in [0.1, 0.15) is 0 Å². The summed E-state index contributed by atoms with van der Waals surface area (Å²) in [5.74, 6) is -1.12. The highest BCUT2D eigenvalue weighted by atomic mass is 16.7. The standard InChI is InChI=1S/C13H20O6/c1-9(12(14)16-2)8-10(13(15)17-3)19-11-6-4-5-7-18-11/h10-11H,1,4-8H2,2-3H3. The molecular weight excluding hydrogens is 252 g/mol. The quantitative estimate of drug-likeness (QED) is 0.534. The maximum absolute atomic E-state index is 11.6. The Balaban J connectivity index is 2.58. The van der Waals surface area contributed by atoms with Crippen molar-refractivity contribution in [1.29, 1.82) is 0 Å². The normalized spacial score (nSPS) is 20.4. The van der Waals surface area contributed by atoms with Crippen molar-refractivity contribution in [3.8, 4) is 0 Å². The van der Waals surface area contributed by atoms with E-state index < -0.39 is 24.3 Å². The predicted molar refractivity (Wildman–Crippen MR) is 66.3 cm³/mol. The Hall–Kier alpha value is -1.40. The van der Waals surface area contributed by atoms with Crippen molar-refractivity contribution in [3.05, 3.63) is 12.2 Å². The number of hydrogen-bond acceptors (Lipinski definition) is 6. The molecule has 1 saturated heterocycles. The van der Waals surface area contributed by atoms with E-state index in [2.05, 4.69) is 16.1 Å². The fourth-order valence-electron chi connectivity index (χ4n) is 1.77. The van der Waals surface area contributed by atoms with Crippen molar-refractivity contribution in [2.45, 2.75) is 38.1 Å². The van der Waals surface area contributed by atoms with Crippen molar-refractivity contribution in [2.75, 3.05) is 20.8 Å². The minimum atomic E-state index is -0.903. The van der Waals surface area contributed by atoms with Gasteiger partial charge in [0.2, 0.25) is 0 Å². The second-order valence-corrected chi connectivity index (χ2v) is 4.24. The lowest BCUT2D eigenvalue weighted by molar-refractivity contribution is -0.202. The third-order valence-corrected chi connectivity index (χ3v) is 2.82. The molecule has 0 spiro atoms. The molecule has 0 bridgehead atoms. The lowest BCUT2D eigenvalue weighted by Crippen LogP contribution is -2.34. The number of methoxy groups -OCH3 is 2. The molecule has 1 heterocycles. The number of esters is 2. The number of rotatable bonds is 6. The third kappa shape index (κ3) is 5.00. The molecule has 0 aromatic rings. The van der Waals surface area contributed by atoms with E-state index in [4.69, 9.17) is 9.47 Å². The predicted octanol–water partition coefficient (Wildman–Crippen LogP) is 1.19. The first-order valence-corrected chi connectivity index (χ1v) is 6.19. The molecule has 0 aromatic heterocycles. The van der Waals surface area contributed by atoms with Gasteiger partial charge in [0, 0.05) is 18.6 Å². The van der Waals surface area contributed by atoms with Crippen molar-refractivity contribution >= 4 is 11.9 Å². The van der Waals surface area contributed by atoms with Crippen LogP contribution in [0.5, 0.6) is 0 Å². The van der Waals surface area contributed by atoms with E-state index in [-0.39, 0.29) is 12.0 Å². The van der Waals surface area contributed by atoms with Gasteiger partial charge in [-0.1, -0.05) is 6.58 Å². The Morgan fingerprint density at radius 3 is 2.58 bits per heavy atom. The highest BCUT2D eigenvalue weighted by molar-refractivity contribution is 5.89. The monoisotopic (exact) mass is 272 g/mol. The summed E-state index contributed by atoms with van der Waals surface area (Å²) in [5, 5.41) is 0. The van der Waals surface area contributed by atoms with Gasteiger partial charge in [0.15, 0.2) is 12.4 Å². The van der Waals surface area contributed by atoms with Crippen LogP contribution in [0.3, 0.4) is 0 Å². The van der Waals surface area contributed by atoms with E-state index in [9.17, 15) is 9.59 Å². The topological polar surface area (TPSA) is 71.1 Å². The van der Waals surface area contributed by atoms with Crippen molar-refractivity contribution in [1.82, 2.24) is 0 Å². The number of carbonyl (C=O) groups is 2. The smallest absolute Gasteiger partial charge is 0.335 e. The summed E-state index contributed by atoms with van der Waals surface area (Å²) in [6, 6.07) is 0. The number of carbonyl (C=O) groups excluding carboxylic acids is 2. The minimum Gasteiger partial charge on any atom is -0.467 e. The fraction of sp³-hybridized carbons (Fsp3) is 0.692. The van der Waals surface area contributed by atoms with Gasteiger partial charge in [0.05, 0.1) is 14.2 Å². The summed E-state index contributed by atoms with van der Waals surface area (Å²) in [5.41, 5.74) is 0.161. The first-order valence-electron chi connectivity index (χ1n) is 6.19. The molecule has 1 aliphatic rings. The van der Waals surface area contributed by atoms with Crippen molar-refractivity contribution < 1.29 is 28.5 Å². The molecule has 108 valence electrons. The zero-order valence-corrected chi connectivity index (χ0v) is 11.3. The third-order valence-electron chi connectivity index (χ3n) is 2.82. The molecule has 0 aliphatic carbocycles. The van der Waals surface area contributed by atoms with Crippen LogP contribution in [-0.2, 0) is 28.5 Å². The highest BCUT2D eigenvalue weighted by Crippen LogP contribution is 2.19. The van der Waals surface area contributed by atoms with E-state index in [0.717, 1.165) is 19.3 Å². The van der Waals surface area contributed by atoms with Crippen LogP contribution < -0.4 is 0 Å². The van der Waals surface area contributed by atoms with Crippen molar-refractivity contribution in [2.24, 2.45) is 0 Å². The van der Waals surface area contributed by atoms with Crippen LogP contribution in [0, 0.1) is 0 Å². The first-order chi connectivity index (χ1) is 9.08. The van der Waals surface area contributed by atoms with E-state index in [0.29, 0.717) is 6.61 Å². The van der Waals surface area contributed by atoms with Crippen LogP contribution in [0.1, 0.15) is 25.7 Å². The largest absolute Gasteiger partial charge is 0.467 e. The van der Waals surface area contributed by atoms with Gasteiger partial charge in [-0.05, 0) is 19.3 Å². The molecule has 0 amide bonds. The van der Waals surface area contributed by atoms with Crippen molar-refractivity contribution in [3.63, 3.8) is 0 Å². The summed E-state index contributed by atoms with van der Waals surface area (Å²) in [6.07, 6.45) is 1.37. The summed E-state index contributed by atoms with van der Waals surface area (Å²) in [4.78, 5) is 22.9. The van der Waals surface area contributed by atoms with E-state index in [1.165, 1.54) is 14.2 Å². The second kappa shape index (κ2) is 7.91. The van der Waals surface area contributed by atoms with Crippen LogP contribution >= 0.6 is 0 Å². The molecule has 0 aromatic carbocycles. The molecule has 0 saturated carbocycles. The molecule has 6 nitrogen and oxygen atoms in total. The molecule has 2 atom stereocenters. The Bertz CT molecular complexity index is 332. The van der Waals surface area contributed by atoms with E-state index in [1.54, 1.807) is 0 Å². The first kappa shape index (κ1) is 15.7. The SMILES string of the molecule is C=C(CC(OC1CCCCO1)C(=O)OC)C(=O)OC. The Morgan fingerprint density at radius 2 is 2.05 bits per heavy atom. The Morgan fingerprint density at radius 1 is 1.32 bits per heavy atom. The average Bonchev–Trinajstić information content (AvgIpc) is 2.45. The molecule has 2 unspecified atom stereocenters. The average molecular weight is 272 g/mol. The molecule has 1 aliphatic heterocycles. The number of hydrogen-bond donors (Lipinski definition) is 0. The Labute approximate surface area is 112 Å². The lowest BCUT2D eigenvalue weighted by atomic mass is 10.1. The highest BCUT2D eigenvalue weighted by Gasteiger charge is 2.28. The van der Waals surface area contributed by atoms with Gasteiger partial charge in [-0.15, -0.1) is 0 Å². The van der Waals surface area contributed by atoms with Gasteiger partial charge in [-0.2, -0.15) is 0 Å². The maximum Gasteiger partial charge on any atom is 0.335 e. The van der Waals surface area contributed by atoms with Crippen LogP contribution in [0.25, 0.3) is 0 Å². The summed E-state index contributed by atoms with van der Waals surface area (Å²) in [6.45, 7) is 4.18. The van der Waals surface area contributed by atoms with Gasteiger partial charge >= 0.3 is 11.9 Å². The summed E-state index contributed by atoms with van der Waals surface area (Å²) in [7, 11) is 2.52. The van der Waals surface area contributed by atoms with Crippen LogP contribution in [0.15, 0.2) is 12.2 Å². The molecule has 1 rings (SSSR count). The molecule has 1 fully saturated rings.